The standard InChI is InChI=1S/C14H25NOS/c1-6-10(7-2)11(16)8-13-15-12(9-17-13)14(3,4)5/h9-11,16H,6-8H2,1-5H3. The molecule has 1 unspecified atom stereocenters. The summed E-state index contributed by atoms with van der Waals surface area (Å²) < 4.78 is 0. The number of hydrogen-bond donors (Lipinski definition) is 1. The highest BCUT2D eigenvalue weighted by atomic mass is 32.1. The molecule has 1 N–H and O–H groups in total. The Kier molecular flexibility index (Phi) is 5.14. The summed E-state index contributed by atoms with van der Waals surface area (Å²) in [6, 6.07) is 0. The third-order valence-electron chi connectivity index (χ3n) is 3.30. The van der Waals surface area contributed by atoms with E-state index in [9.17, 15) is 5.11 Å². The van der Waals surface area contributed by atoms with E-state index < -0.39 is 0 Å². The van der Waals surface area contributed by atoms with Crippen molar-refractivity contribution < 1.29 is 5.11 Å². The second kappa shape index (κ2) is 5.96. The summed E-state index contributed by atoms with van der Waals surface area (Å²) in [4.78, 5) is 4.63. The largest absolute Gasteiger partial charge is 0.392 e. The molecule has 0 fully saturated rings. The van der Waals surface area contributed by atoms with E-state index in [1.54, 1.807) is 11.3 Å². The SMILES string of the molecule is CCC(CC)C(O)Cc1nc(C(C)(C)C)cs1. The van der Waals surface area contributed by atoms with Gasteiger partial charge in [-0.05, 0) is 5.92 Å². The van der Waals surface area contributed by atoms with Crippen molar-refractivity contribution in [3.05, 3.63) is 16.1 Å². The van der Waals surface area contributed by atoms with Gasteiger partial charge in [-0.2, -0.15) is 0 Å². The fraction of sp³-hybridized carbons (Fsp3) is 0.786. The molecule has 0 saturated carbocycles. The zero-order chi connectivity index (χ0) is 13.1. The lowest BCUT2D eigenvalue weighted by atomic mass is 9.93. The normalized spacial score (nSPS) is 14.3. The van der Waals surface area contributed by atoms with E-state index >= 15 is 0 Å². The van der Waals surface area contributed by atoms with Crippen LogP contribution in [0, 0.1) is 5.92 Å². The van der Waals surface area contributed by atoms with Crippen LogP contribution in [0.2, 0.25) is 0 Å². The molecule has 0 aliphatic heterocycles. The first-order valence-electron chi connectivity index (χ1n) is 6.51. The van der Waals surface area contributed by atoms with Gasteiger partial charge in [-0.25, -0.2) is 4.98 Å². The third-order valence-corrected chi connectivity index (χ3v) is 4.17. The van der Waals surface area contributed by atoms with Gasteiger partial charge in [0.1, 0.15) is 0 Å². The molecular weight excluding hydrogens is 230 g/mol. The highest BCUT2D eigenvalue weighted by Crippen LogP contribution is 2.25. The van der Waals surface area contributed by atoms with Crippen LogP contribution in [0.5, 0.6) is 0 Å². The number of aliphatic hydroxyl groups is 1. The van der Waals surface area contributed by atoms with E-state index in [1.165, 1.54) is 0 Å². The van der Waals surface area contributed by atoms with Crippen LogP contribution in [0.25, 0.3) is 0 Å². The monoisotopic (exact) mass is 255 g/mol. The van der Waals surface area contributed by atoms with Crippen LogP contribution in [0.15, 0.2) is 5.38 Å². The summed E-state index contributed by atoms with van der Waals surface area (Å²) >= 11 is 1.67. The minimum atomic E-state index is -0.246. The number of nitrogens with zero attached hydrogens (tertiary/aromatic N) is 1. The number of thiazole rings is 1. The number of aromatic nitrogens is 1. The van der Waals surface area contributed by atoms with Gasteiger partial charge in [-0.1, -0.05) is 47.5 Å². The molecule has 0 bridgehead atoms. The number of hydrogen-bond acceptors (Lipinski definition) is 3. The van der Waals surface area contributed by atoms with E-state index in [0.29, 0.717) is 12.3 Å². The fourth-order valence-corrected chi connectivity index (χ4v) is 3.00. The lowest BCUT2D eigenvalue weighted by Gasteiger charge is -2.19. The van der Waals surface area contributed by atoms with Gasteiger partial charge in [0.05, 0.1) is 16.8 Å². The molecule has 1 heterocycles. The highest BCUT2D eigenvalue weighted by molar-refractivity contribution is 7.09. The summed E-state index contributed by atoms with van der Waals surface area (Å²) in [5, 5.41) is 13.3. The van der Waals surface area contributed by atoms with Gasteiger partial charge < -0.3 is 5.11 Å². The molecule has 98 valence electrons. The van der Waals surface area contributed by atoms with E-state index in [1.807, 2.05) is 0 Å². The molecule has 2 nitrogen and oxygen atoms in total. The van der Waals surface area contributed by atoms with Crippen molar-refractivity contribution in [2.75, 3.05) is 0 Å². The van der Waals surface area contributed by atoms with E-state index in [0.717, 1.165) is 23.5 Å². The Hall–Kier alpha value is -0.410. The topological polar surface area (TPSA) is 33.1 Å². The summed E-state index contributed by atoms with van der Waals surface area (Å²) in [5.74, 6) is 0.400. The van der Waals surface area contributed by atoms with Crippen molar-refractivity contribution in [1.82, 2.24) is 4.98 Å². The summed E-state index contributed by atoms with van der Waals surface area (Å²) in [7, 11) is 0. The molecule has 0 saturated heterocycles. The van der Waals surface area contributed by atoms with Crippen molar-refractivity contribution in [3.8, 4) is 0 Å². The average Bonchev–Trinajstić information content (AvgIpc) is 2.67. The smallest absolute Gasteiger partial charge is 0.0954 e. The van der Waals surface area contributed by atoms with Crippen molar-refractivity contribution >= 4 is 11.3 Å². The Labute approximate surface area is 109 Å². The molecule has 1 aromatic heterocycles. The highest BCUT2D eigenvalue weighted by Gasteiger charge is 2.21. The van der Waals surface area contributed by atoms with Crippen molar-refractivity contribution in [3.63, 3.8) is 0 Å². The Bertz CT molecular complexity index is 336. The molecule has 17 heavy (non-hydrogen) atoms. The first-order chi connectivity index (χ1) is 7.88. The molecular formula is C14H25NOS. The lowest BCUT2D eigenvalue weighted by Crippen LogP contribution is -2.22. The fourth-order valence-electron chi connectivity index (χ4n) is 1.93. The Morgan fingerprint density at radius 2 is 1.88 bits per heavy atom. The van der Waals surface area contributed by atoms with Crippen LogP contribution >= 0.6 is 11.3 Å². The zero-order valence-electron chi connectivity index (χ0n) is 11.7. The predicted molar refractivity (Wildman–Crippen MR) is 74.6 cm³/mol. The van der Waals surface area contributed by atoms with Crippen LogP contribution in [0.1, 0.15) is 58.2 Å². The summed E-state index contributed by atoms with van der Waals surface area (Å²) in [6.07, 6.45) is 2.53. The first-order valence-corrected chi connectivity index (χ1v) is 7.39. The number of aliphatic hydroxyl groups excluding tert-OH is 1. The molecule has 1 rings (SSSR count). The Morgan fingerprint density at radius 1 is 1.29 bits per heavy atom. The quantitative estimate of drug-likeness (QED) is 0.868. The average molecular weight is 255 g/mol. The Balaban J connectivity index is 2.66. The van der Waals surface area contributed by atoms with Crippen molar-refractivity contribution in [1.29, 1.82) is 0 Å². The minimum Gasteiger partial charge on any atom is -0.392 e. The lowest BCUT2D eigenvalue weighted by molar-refractivity contribution is 0.103. The van der Waals surface area contributed by atoms with E-state index in [-0.39, 0.29) is 11.5 Å². The zero-order valence-corrected chi connectivity index (χ0v) is 12.5. The van der Waals surface area contributed by atoms with Crippen LogP contribution in [-0.2, 0) is 11.8 Å². The maximum absolute atomic E-state index is 10.1. The van der Waals surface area contributed by atoms with E-state index in [4.69, 9.17) is 0 Å². The van der Waals surface area contributed by atoms with Crippen LogP contribution in [-0.4, -0.2) is 16.2 Å². The first kappa shape index (κ1) is 14.7. The minimum absolute atomic E-state index is 0.106. The van der Waals surface area contributed by atoms with Gasteiger partial charge in [-0.15, -0.1) is 11.3 Å². The van der Waals surface area contributed by atoms with Crippen molar-refractivity contribution in [2.45, 2.75) is 65.4 Å². The van der Waals surface area contributed by atoms with Gasteiger partial charge >= 0.3 is 0 Å². The second-order valence-electron chi connectivity index (χ2n) is 5.72. The van der Waals surface area contributed by atoms with E-state index in [2.05, 4.69) is 45.0 Å². The molecule has 1 aromatic rings. The van der Waals surface area contributed by atoms with Gasteiger partial charge in [0.2, 0.25) is 0 Å². The molecule has 0 aliphatic rings. The molecule has 0 aromatic carbocycles. The molecule has 0 aliphatic carbocycles. The van der Waals surface area contributed by atoms with Crippen LogP contribution in [0.3, 0.4) is 0 Å². The predicted octanol–water partition coefficient (Wildman–Crippen LogP) is 3.78. The maximum atomic E-state index is 10.1. The molecule has 0 radical (unpaired) electrons. The Morgan fingerprint density at radius 3 is 2.29 bits per heavy atom. The van der Waals surface area contributed by atoms with Gasteiger partial charge in [0.25, 0.3) is 0 Å². The molecule has 1 atom stereocenters. The number of rotatable bonds is 5. The summed E-state index contributed by atoms with van der Waals surface area (Å²) in [6.45, 7) is 10.8. The maximum Gasteiger partial charge on any atom is 0.0954 e. The summed E-state index contributed by atoms with van der Waals surface area (Å²) in [5.41, 5.74) is 1.24. The van der Waals surface area contributed by atoms with Crippen molar-refractivity contribution in [2.24, 2.45) is 5.92 Å². The molecule has 3 heteroatoms. The molecule has 0 spiro atoms. The molecule has 0 amide bonds. The van der Waals surface area contributed by atoms with Crippen LogP contribution in [0.4, 0.5) is 0 Å². The second-order valence-corrected chi connectivity index (χ2v) is 6.67. The third kappa shape index (κ3) is 4.07. The van der Waals surface area contributed by atoms with Gasteiger partial charge in [-0.3, -0.25) is 0 Å². The van der Waals surface area contributed by atoms with Gasteiger partial charge in [0.15, 0.2) is 0 Å². The van der Waals surface area contributed by atoms with Gasteiger partial charge in [0, 0.05) is 17.2 Å². The van der Waals surface area contributed by atoms with Crippen LogP contribution < -0.4 is 0 Å².